The van der Waals surface area contributed by atoms with Gasteiger partial charge in [0.2, 0.25) is 0 Å². The topological polar surface area (TPSA) is 39.1 Å². The van der Waals surface area contributed by atoms with Crippen LogP contribution in [0.25, 0.3) is 0 Å². The minimum atomic E-state index is 0.629. The van der Waals surface area contributed by atoms with Crippen molar-refractivity contribution in [3.8, 4) is 5.75 Å². The summed E-state index contributed by atoms with van der Waals surface area (Å²) >= 11 is 0. The predicted octanol–water partition coefficient (Wildman–Crippen LogP) is 3.02. The van der Waals surface area contributed by atoms with Crippen molar-refractivity contribution in [3.63, 3.8) is 0 Å². The summed E-state index contributed by atoms with van der Waals surface area (Å²) in [6.45, 7) is 9.73. The van der Waals surface area contributed by atoms with Gasteiger partial charge >= 0.3 is 0 Å². The van der Waals surface area contributed by atoms with Crippen LogP contribution in [0.3, 0.4) is 0 Å². The quantitative estimate of drug-likeness (QED) is 0.811. The number of rotatable bonds is 8. The lowest BCUT2D eigenvalue weighted by molar-refractivity contribution is 0.286. The van der Waals surface area contributed by atoms with Crippen molar-refractivity contribution in [1.29, 1.82) is 0 Å². The minimum absolute atomic E-state index is 0.629. The first kappa shape index (κ1) is 15.6. The number of aromatic nitrogens is 2. The summed E-state index contributed by atoms with van der Waals surface area (Å²) in [5, 5.41) is 7.72. The fraction of sp³-hybridized carbons (Fsp3) is 0.471. The first-order valence-electron chi connectivity index (χ1n) is 7.56. The summed E-state index contributed by atoms with van der Waals surface area (Å²) in [6, 6.07) is 10.2. The highest BCUT2D eigenvalue weighted by Crippen LogP contribution is 2.17. The van der Waals surface area contributed by atoms with Crippen molar-refractivity contribution in [2.24, 2.45) is 5.92 Å². The molecule has 0 spiro atoms. The molecule has 0 amide bonds. The maximum absolute atomic E-state index is 5.92. The highest BCUT2D eigenvalue weighted by atomic mass is 16.5. The van der Waals surface area contributed by atoms with E-state index in [0.717, 1.165) is 31.1 Å². The molecule has 0 bridgehead atoms. The van der Waals surface area contributed by atoms with E-state index in [1.54, 1.807) is 0 Å². The first-order chi connectivity index (χ1) is 10.2. The van der Waals surface area contributed by atoms with Crippen LogP contribution in [0.5, 0.6) is 5.75 Å². The van der Waals surface area contributed by atoms with E-state index in [0.29, 0.717) is 12.5 Å². The molecular formula is C17H25N3O. The van der Waals surface area contributed by atoms with E-state index in [1.807, 2.05) is 29.1 Å². The molecule has 0 aliphatic rings. The largest absolute Gasteiger partial charge is 0.491 e. The molecule has 2 rings (SSSR count). The van der Waals surface area contributed by atoms with Gasteiger partial charge in [-0.2, -0.15) is 5.10 Å². The van der Waals surface area contributed by atoms with Crippen LogP contribution in [0.2, 0.25) is 0 Å². The molecule has 21 heavy (non-hydrogen) atoms. The third-order valence-electron chi connectivity index (χ3n) is 3.33. The molecule has 2 aromatic rings. The Bertz CT molecular complexity index is 548. The normalized spacial score (nSPS) is 11.0. The van der Waals surface area contributed by atoms with E-state index in [4.69, 9.17) is 4.74 Å². The molecule has 1 N–H and O–H groups in total. The van der Waals surface area contributed by atoms with E-state index in [-0.39, 0.29) is 0 Å². The molecule has 0 unspecified atom stereocenters. The van der Waals surface area contributed by atoms with Crippen LogP contribution in [-0.4, -0.2) is 22.9 Å². The third kappa shape index (κ3) is 4.90. The second-order valence-corrected chi connectivity index (χ2v) is 5.68. The van der Waals surface area contributed by atoms with Crippen LogP contribution < -0.4 is 10.1 Å². The fourth-order valence-electron chi connectivity index (χ4n) is 2.16. The standard InChI is InChI=1S/C17H25N3O/c1-14(2)12-18-13-16-6-4-5-7-17(16)21-11-10-20-15(3)8-9-19-20/h4-9,14,18H,10-13H2,1-3H3. The smallest absolute Gasteiger partial charge is 0.123 e. The number of aryl methyl sites for hydroxylation is 1. The Morgan fingerprint density at radius 2 is 2.05 bits per heavy atom. The molecule has 0 atom stereocenters. The van der Waals surface area contributed by atoms with Crippen LogP contribution in [0.4, 0.5) is 0 Å². The van der Waals surface area contributed by atoms with Crippen LogP contribution >= 0.6 is 0 Å². The molecule has 4 nitrogen and oxygen atoms in total. The zero-order chi connectivity index (χ0) is 15.1. The Hall–Kier alpha value is -1.81. The number of ether oxygens (including phenoxy) is 1. The molecule has 0 radical (unpaired) electrons. The van der Waals surface area contributed by atoms with Gasteiger partial charge in [-0.15, -0.1) is 0 Å². The fourth-order valence-corrected chi connectivity index (χ4v) is 2.16. The summed E-state index contributed by atoms with van der Waals surface area (Å²) in [4.78, 5) is 0. The third-order valence-corrected chi connectivity index (χ3v) is 3.33. The van der Waals surface area contributed by atoms with Crippen molar-refractivity contribution in [2.45, 2.75) is 33.9 Å². The molecular weight excluding hydrogens is 262 g/mol. The van der Waals surface area contributed by atoms with Crippen molar-refractivity contribution < 1.29 is 4.74 Å². The average Bonchev–Trinajstić information content (AvgIpc) is 2.86. The number of hydrogen-bond donors (Lipinski definition) is 1. The van der Waals surface area contributed by atoms with Gasteiger partial charge in [0.1, 0.15) is 12.4 Å². The number of nitrogens with zero attached hydrogens (tertiary/aromatic N) is 2. The molecule has 0 aliphatic carbocycles. The predicted molar refractivity (Wildman–Crippen MR) is 85.4 cm³/mol. The van der Waals surface area contributed by atoms with Crippen LogP contribution in [0.1, 0.15) is 25.1 Å². The molecule has 1 heterocycles. The second kappa shape index (κ2) is 7.84. The second-order valence-electron chi connectivity index (χ2n) is 5.68. The molecule has 0 saturated heterocycles. The molecule has 0 fully saturated rings. The lowest BCUT2D eigenvalue weighted by Gasteiger charge is -2.13. The average molecular weight is 287 g/mol. The van der Waals surface area contributed by atoms with Gasteiger partial charge in [0.25, 0.3) is 0 Å². The maximum Gasteiger partial charge on any atom is 0.123 e. The van der Waals surface area contributed by atoms with Gasteiger partial charge in [-0.25, -0.2) is 0 Å². The minimum Gasteiger partial charge on any atom is -0.491 e. The maximum atomic E-state index is 5.92. The van der Waals surface area contributed by atoms with Gasteiger partial charge in [0.15, 0.2) is 0 Å². The highest BCUT2D eigenvalue weighted by molar-refractivity contribution is 5.33. The highest BCUT2D eigenvalue weighted by Gasteiger charge is 2.04. The molecule has 1 aromatic carbocycles. The van der Waals surface area contributed by atoms with Gasteiger partial charge in [-0.3, -0.25) is 4.68 Å². The molecule has 0 aliphatic heterocycles. The lowest BCUT2D eigenvalue weighted by atomic mass is 10.2. The van der Waals surface area contributed by atoms with Gasteiger partial charge in [-0.1, -0.05) is 32.0 Å². The number of benzene rings is 1. The zero-order valence-corrected chi connectivity index (χ0v) is 13.2. The van der Waals surface area contributed by atoms with Crippen molar-refractivity contribution in [3.05, 3.63) is 47.8 Å². The number of para-hydroxylation sites is 1. The van der Waals surface area contributed by atoms with Gasteiger partial charge < -0.3 is 10.1 Å². The Balaban J connectivity index is 1.86. The Labute approximate surface area is 127 Å². The van der Waals surface area contributed by atoms with Crippen molar-refractivity contribution in [2.75, 3.05) is 13.2 Å². The Morgan fingerprint density at radius 3 is 2.76 bits per heavy atom. The Morgan fingerprint density at radius 1 is 1.24 bits per heavy atom. The van der Waals surface area contributed by atoms with Crippen LogP contribution in [0, 0.1) is 12.8 Å². The van der Waals surface area contributed by atoms with Crippen LogP contribution in [0.15, 0.2) is 36.5 Å². The summed E-state index contributed by atoms with van der Waals surface area (Å²) < 4.78 is 7.88. The zero-order valence-electron chi connectivity index (χ0n) is 13.2. The first-order valence-corrected chi connectivity index (χ1v) is 7.56. The molecule has 1 aromatic heterocycles. The van der Waals surface area contributed by atoms with E-state index in [9.17, 15) is 0 Å². The number of nitrogens with one attached hydrogen (secondary N) is 1. The number of hydrogen-bond acceptors (Lipinski definition) is 3. The summed E-state index contributed by atoms with van der Waals surface area (Å²) in [6.07, 6.45) is 1.82. The van der Waals surface area contributed by atoms with Crippen molar-refractivity contribution >= 4 is 0 Å². The van der Waals surface area contributed by atoms with E-state index >= 15 is 0 Å². The monoisotopic (exact) mass is 287 g/mol. The molecule has 0 saturated carbocycles. The molecule has 4 heteroatoms. The Kier molecular flexibility index (Phi) is 5.81. The van der Waals surface area contributed by atoms with Gasteiger partial charge in [-0.05, 0) is 31.5 Å². The SMILES string of the molecule is Cc1ccnn1CCOc1ccccc1CNCC(C)C. The van der Waals surface area contributed by atoms with Gasteiger partial charge in [0, 0.05) is 24.0 Å². The lowest BCUT2D eigenvalue weighted by Crippen LogP contribution is -2.19. The van der Waals surface area contributed by atoms with E-state index in [1.165, 1.54) is 5.56 Å². The summed E-state index contributed by atoms with van der Waals surface area (Å²) in [5.41, 5.74) is 2.36. The van der Waals surface area contributed by atoms with Crippen molar-refractivity contribution in [1.82, 2.24) is 15.1 Å². The van der Waals surface area contributed by atoms with E-state index < -0.39 is 0 Å². The molecule has 114 valence electrons. The summed E-state index contributed by atoms with van der Waals surface area (Å²) in [5.74, 6) is 1.61. The summed E-state index contributed by atoms with van der Waals surface area (Å²) in [7, 11) is 0. The van der Waals surface area contributed by atoms with Gasteiger partial charge in [0.05, 0.1) is 6.54 Å². The van der Waals surface area contributed by atoms with E-state index in [2.05, 4.69) is 43.3 Å². The van der Waals surface area contributed by atoms with Crippen LogP contribution in [-0.2, 0) is 13.1 Å².